The smallest absolute Gasteiger partial charge is 0.326 e. The molecule has 21 heavy (non-hydrogen) atoms. The van der Waals surface area contributed by atoms with Gasteiger partial charge in [-0.05, 0) is 0 Å². The fourth-order valence-electron chi connectivity index (χ4n) is 1.36. The molecule has 0 unspecified atom stereocenters. The number of pyridine rings is 1. The van der Waals surface area contributed by atoms with E-state index in [1.165, 1.54) is 0 Å². The third kappa shape index (κ3) is 4.12. The Morgan fingerprint density at radius 3 is 2.48 bits per heavy atom. The summed E-state index contributed by atoms with van der Waals surface area (Å²) in [7, 11) is 0. The van der Waals surface area contributed by atoms with Crippen LogP contribution < -0.4 is 10.9 Å². The Morgan fingerprint density at radius 2 is 2.00 bits per heavy atom. The van der Waals surface area contributed by atoms with Crippen molar-refractivity contribution in [3.63, 3.8) is 0 Å². The Morgan fingerprint density at radius 1 is 1.38 bits per heavy atom. The molecule has 1 amide bonds. The fourth-order valence-corrected chi connectivity index (χ4v) is 1.36. The van der Waals surface area contributed by atoms with Crippen LogP contribution in [0.2, 0.25) is 0 Å². The van der Waals surface area contributed by atoms with E-state index in [2.05, 4.69) is 0 Å². The molecule has 1 heterocycles. The largest absolute Gasteiger partial charge is 0.481 e. The number of carboxylic acid groups (broad SMARTS) is 2. The van der Waals surface area contributed by atoms with E-state index in [-0.39, 0.29) is 0 Å². The molecule has 0 aliphatic rings. The first kappa shape index (κ1) is 15.8. The lowest BCUT2D eigenvalue weighted by molar-refractivity contribution is -0.385. The van der Waals surface area contributed by atoms with Crippen LogP contribution in [0.25, 0.3) is 0 Å². The number of aliphatic carboxylic acids is 2. The van der Waals surface area contributed by atoms with Gasteiger partial charge in [0, 0.05) is 6.07 Å². The molecule has 0 aromatic carbocycles. The van der Waals surface area contributed by atoms with Crippen LogP contribution >= 0.6 is 0 Å². The zero-order valence-corrected chi connectivity index (χ0v) is 10.2. The number of carboxylic acids is 2. The van der Waals surface area contributed by atoms with Crippen LogP contribution in [-0.2, 0) is 9.59 Å². The summed E-state index contributed by atoms with van der Waals surface area (Å²) in [6.07, 6.45) is -0.140. The number of H-pyrrole nitrogens is 1. The molecule has 11 nitrogen and oxygen atoms in total. The monoisotopic (exact) mass is 299 g/mol. The Balaban J connectivity index is 3.05. The van der Waals surface area contributed by atoms with Gasteiger partial charge in [0.15, 0.2) is 0 Å². The third-order valence-corrected chi connectivity index (χ3v) is 2.33. The first-order valence-corrected chi connectivity index (χ1v) is 5.35. The molecule has 0 saturated heterocycles. The topological polar surface area (TPSA) is 180 Å². The van der Waals surface area contributed by atoms with E-state index in [4.69, 9.17) is 10.2 Å². The van der Waals surface area contributed by atoms with Gasteiger partial charge in [0.2, 0.25) is 0 Å². The van der Waals surface area contributed by atoms with Crippen molar-refractivity contribution < 1.29 is 29.5 Å². The summed E-state index contributed by atoms with van der Waals surface area (Å²) in [6, 6.07) is -1.11. The molecule has 0 saturated carbocycles. The molecule has 4 N–H and O–H groups in total. The lowest BCUT2D eigenvalue weighted by Gasteiger charge is -2.11. The number of carbonyl (C=O) groups excluding carboxylic acids is 1. The normalized spacial score (nSPS) is 11.4. The summed E-state index contributed by atoms with van der Waals surface area (Å²) in [5.74, 6) is -4.32. The van der Waals surface area contributed by atoms with Crippen LogP contribution in [0.15, 0.2) is 17.1 Å². The maximum Gasteiger partial charge on any atom is 0.326 e. The van der Waals surface area contributed by atoms with Gasteiger partial charge in [-0.15, -0.1) is 0 Å². The van der Waals surface area contributed by atoms with Gasteiger partial charge in [0.1, 0.15) is 11.6 Å². The molecule has 1 aromatic rings. The first-order valence-electron chi connectivity index (χ1n) is 5.35. The second-order valence-corrected chi connectivity index (χ2v) is 3.82. The van der Waals surface area contributed by atoms with Crippen molar-refractivity contribution in [3.05, 3.63) is 38.3 Å². The number of rotatable bonds is 6. The number of aromatic nitrogens is 1. The molecule has 0 radical (unpaired) electrons. The number of nitro groups is 1. The highest BCUT2D eigenvalue weighted by molar-refractivity contribution is 5.97. The summed E-state index contributed by atoms with van der Waals surface area (Å²) >= 11 is 0. The second kappa shape index (κ2) is 6.27. The molecule has 0 spiro atoms. The van der Waals surface area contributed by atoms with Crippen LogP contribution in [0, 0.1) is 10.1 Å². The molecular weight excluding hydrogens is 290 g/mol. The van der Waals surface area contributed by atoms with Gasteiger partial charge in [-0.3, -0.25) is 24.5 Å². The van der Waals surface area contributed by atoms with E-state index >= 15 is 0 Å². The van der Waals surface area contributed by atoms with Crippen LogP contribution in [0.5, 0.6) is 0 Å². The van der Waals surface area contributed by atoms with Gasteiger partial charge < -0.3 is 20.5 Å². The minimum Gasteiger partial charge on any atom is -0.481 e. The standard InChI is InChI=1S/C10H9N3O8/c14-7(15)2-6(10(18)19)12-9(17)5-1-4(13(20)21)3-11-8(5)16/h1,3,6H,2H2,(H,11,16)(H,12,17)(H,14,15)(H,18,19)/t6-/m1/s1. The molecule has 11 heteroatoms. The van der Waals surface area contributed by atoms with Gasteiger partial charge in [-0.1, -0.05) is 0 Å². The minimum absolute atomic E-state index is 0.579. The Hall–Kier alpha value is -3.24. The van der Waals surface area contributed by atoms with Gasteiger partial charge in [0.25, 0.3) is 17.2 Å². The molecule has 0 fully saturated rings. The van der Waals surface area contributed by atoms with Crippen molar-refractivity contribution in [2.24, 2.45) is 0 Å². The van der Waals surface area contributed by atoms with Gasteiger partial charge >= 0.3 is 11.9 Å². The van der Waals surface area contributed by atoms with Crippen LogP contribution in [0.3, 0.4) is 0 Å². The Bertz CT molecular complexity index is 665. The van der Waals surface area contributed by atoms with E-state index in [0.717, 1.165) is 6.20 Å². The minimum atomic E-state index is -1.77. The third-order valence-electron chi connectivity index (χ3n) is 2.33. The summed E-state index contributed by atoms with van der Waals surface area (Å²) in [5, 5.41) is 29.6. The number of hydrogen-bond acceptors (Lipinski definition) is 6. The lowest BCUT2D eigenvalue weighted by Crippen LogP contribution is -2.43. The number of aromatic amines is 1. The molecule has 1 atom stereocenters. The zero-order chi connectivity index (χ0) is 16.2. The molecule has 1 rings (SSSR count). The maximum absolute atomic E-state index is 11.7. The van der Waals surface area contributed by atoms with Gasteiger partial charge in [-0.2, -0.15) is 0 Å². The summed E-state index contributed by atoms with van der Waals surface area (Å²) in [6.45, 7) is 0. The molecule has 0 aliphatic heterocycles. The number of nitrogens with one attached hydrogen (secondary N) is 2. The van der Waals surface area contributed by atoms with Crippen molar-refractivity contribution in [2.75, 3.05) is 0 Å². The fraction of sp³-hybridized carbons (Fsp3) is 0.200. The van der Waals surface area contributed by atoms with Crippen molar-refractivity contribution in [1.29, 1.82) is 0 Å². The molecule has 0 bridgehead atoms. The quantitative estimate of drug-likeness (QED) is 0.379. The van der Waals surface area contributed by atoms with Crippen molar-refractivity contribution in [2.45, 2.75) is 12.5 Å². The van der Waals surface area contributed by atoms with Crippen molar-refractivity contribution in [3.8, 4) is 0 Å². The highest BCUT2D eigenvalue weighted by atomic mass is 16.6. The van der Waals surface area contributed by atoms with E-state index in [0.29, 0.717) is 6.07 Å². The predicted octanol–water partition coefficient (Wildman–Crippen LogP) is -1.06. The zero-order valence-electron chi connectivity index (χ0n) is 10.2. The molecular formula is C10H9N3O8. The second-order valence-electron chi connectivity index (χ2n) is 3.82. The van der Waals surface area contributed by atoms with Crippen LogP contribution in [0.1, 0.15) is 16.8 Å². The van der Waals surface area contributed by atoms with Crippen molar-refractivity contribution >= 4 is 23.5 Å². The average Bonchev–Trinajstić information content (AvgIpc) is 2.37. The van der Waals surface area contributed by atoms with Gasteiger partial charge in [0.05, 0.1) is 17.5 Å². The van der Waals surface area contributed by atoms with Crippen LogP contribution in [-0.4, -0.2) is 44.0 Å². The number of nitrogens with zero attached hydrogens (tertiary/aromatic N) is 1. The SMILES string of the molecule is O=C(O)C[C@@H](NC(=O)c1cc([N+](=O)[O-])c[nH]c1=O)C(=O)O. The Labute approximate surface area is 115 Å². The van der Waals surface area contributed by atoms with E-state index in [1.807, 2.05) is 10.3 Å². The number of carbonyl (C=O) groups is 3. The summed E-state index contributed by atoms with van der Waals surface area (Å²) in [5.41, 5.74) is -2.25. The molecule has 112 valence electrons. The van der Waals surface area contributed by atoms with E-state index in [9.17, 15) is 29.3 Å². The van der Waals surface area contributed by atoms with Crippen LogP contribution in [0.4, 0.5) is 5.69 Å². The van der Waals surface area contributed by atoms with E-state index in [1.54, 1.807) is 0 Å². The van der Waals surface area contributed by atoms with Crippen molar-refractivity contribution in [1.82, 2.24) is 10.3 Å². The highest BCUT2D eigenvalue weighted by Crippen LogP contribution is 2.08. The van der Waals surface area contributed by atoms with Gasteiger partial charge in [-0.25, -0.2) is 4.79 Å². The predicted molar refractivity (Wildman–Crippen MR) is 64.9 cm³/mol. The Kier molecular flexibility index (Phi) is 4.72. The summed E-state index contributed by atoms with van der Waals surface area (Å²) < 4.78 is 0. The molecule has 0 aliphatic carbocycles. The molecule has 1 aromatic heterocycles. The number of hydrogen-bond donors (Lipinski definition) is 4. The first-order chi connectivity index (χ1) is 9.72. The van der Waals surface area contributed by atoms with E-state index < -0.39 is 52.0 Å². The number of amides is 1. The highest BCUT2D eigenvalue weighted by Gasteiger charge is 2.25. The summed E-state index contributed by atoms with van der Waals surface area (Å²) in [4.78, 5) is 56.0. The maximum atomic E-state index is 11.7. The average molecular weight is 299 g/mol. The lowest BCUT2D eigenvalue weighted by atomic mass is 10.2.